The Hall–Kier alpha value is -2.53. The molecule has 0 saturated carbocycles. The summed E-state index contributed by atoms with van der Waals surface area (Å²) in [4.78, 5) is 10.1. The van der Waals surface area contributed by atoms with E-state index in [0.29, 0.717) is 0 Å². The number of aromatic nitrogens is 2. The average molecular weight is 336 g/mol. The van der Waals surface area contributed by atoms with Gasteiger partial charge in [0.25, 0.3) is 0 Å². The summed E-state index contributed by atoms with van der Waals surface area (Å²) in [7, 11) is 0. The van der Waals surface area contributed by atoms with Gasteiger partial charge in [-0.1, -0.05) is 60.6 Å². The number of thiazole rings is 1. The maximum atomic E-state index is 4.74. The molecule has 3 aromatic rings. The standard InChI is InChI=1S/C19H20N4S/c1-3-5-17-18(16-9-7-14(2)8-10-16)22-19(24-17)23-21-13-15-6-4-11-20-12-15/h4,6-13H,3,5H2,1-2H3,(H,22,23)/b21-13+. The Labute approximate surface area is 146 Å². The zero-order valence-electron chi connectivity index (χ0n) is 13.9. The topological polar surface area (TPSA) is 50.2 Å². The van der Waals surface area contributed by atoms with Crippen LogP contribution in [0, 0.1) is 6.92 Å². The van der Waals surface area contributed by atoms with Crippen LogP contribution in [0.25, 0.3) is 11.3 Å². The zero-order valence-corrected chi connectivity index (χ0v) is 14.7. The molecule has 0 aliphatic rings. The van der Waals surface area contributed by atoms with Gasteiger partial charge in [0, 0.05) is 28.4 Å². The summed E-state index contributed by atoms with van der Waals surface area (Å²) in [6, 6.07) is 12.4. The van der Waals surface area contributed by atoms with Gasteiger partial charge in [-0.05, 0) is 19.4 Å². The van der Waals surface area contributed by atoms with E-state index in [1.165, 1.54) is 10.4 Å². The van der Waals surface area contributed by atoms with Gasteiger partial charge in [0.2, 0.25) is 5.13 Å². The van der Waals surface area contributed by atoms with Gasteiger partial charge in [0.15, 0.2) is 0 Å². The Morgan fingerprint density at radius 1 is 1.21 bits per heavy atom. The molecule has 0 fully saturated rings. The number of pyridine rings is 1. The summed E-state index contributed by atoms with van der Waals surface area (Å²) >= 11 is 1.67. The first-order chi connectivity index (χ1) is 11.8. The summed E-state index contributed by atoms with van der Waals surface area (Å²) < 4.78 is 0. The van der Waals surface area contributed by atoms with Crippen molar-refractivity contribution >= 4 is 22.7 Å². The van der Waals surface area contributed by atoms with Crippen LogP contribution in [0.3, 0.4) is 0 Å². The van der Waals surface area contributed by atoms with Crippen molar-refractivity contribution in [2.24, 2.45) is 5.10 Å². The molecule has 0 unspecified atom stereocenters. The molecular weight excluding hydrogens is 316 g/mol. The molecule has 0 spiro atoms. The molecule has 2 heterocycles. The zero-order chi connectivity index (χ0) is 16.8. The minimum atomic E-state index is 0.814. The van der Waals surface area contributed by atoms with E-state index < -0.39 is 0 Å². The summed E-state index contributed by atoms with van der Waals surface area (Å²) in [5.74, 6) is 0. The number of rotatable bonds is 6. The van der Waals surface area contributed by atoms with Crippen molar-refractivity contribution < 1.29 is 0 Å². The fourth-order valence-corrected chi connectivity index (χ4v) is 3.38. The lowest BCUT2D eigenvalue weighted by Crippen LogP contribution is -1.90. The lowest BCUT2D eigenvalue weighted by atomic mass is 10.1. The molecule has 5 heteroatoms. The lowest BCUT2D eigenvalue weighted by molar-refractivity contribution is 0.938. The molecule has 0 aliphatic heterocycles. The Bertz CT molecular complexity index is 807. The number of hydrogen-bond donors (Lipinski definition) is 1. The third-order valence-electron chi connectivity index (χ3n) is 3.56. The van der Waals surface area contributed by atoms with Crippen LogP contribution in [-0.4, -0.2) is 16.2 Å². The second-order valence-electron chi connectivity index (χ2n) is 5.56. The number of hydrazone groups is 1. The van der Waals surface area contributed by atoms with Gasteiger partial charge in [-0.15, -0.1) is 0 Å². The van der Waals surface area contributed by atoms with Gasteiger partial charge in [0.1, 0.15) is 0 Å². The summed E-state index contributed by atoms with van der Waals surface area (Å²) in [6.45, 7) is 4.28. The van der Waals surface area contributed by atoms with E-state index in [1.54, 1.807) is 29.9 Å². The van der Waals surface area contributed by atoms with Crippen LogP contribution in [0.4, 0.5) is 5.13 Å². The van der Waals surface area contributed by atoms with Crippen LogP contribution in [-0.2, 0) is 6.42 Å². The molecule has 0 amide bonds. The SMILES string of the molecule is CCCc1sc(N/N=C/c2cccnc2)nc1-c1ccc(C)cc1. The minimum absolute atomic E-state index is 0.814. The molecule has 2 aromatic heterocycles. The largest absolute Gasteiger partial charge is 0.264 e. The van der Waals surface area contributed by atoms with Crippen LogP contribution >= 0.6 is 11.3 Å². The molecule has 24 heavy (non-hydrogen) atoms. The van der Waals surface area contributed by atoms with Crippen molar-refractivity contribution in [3.8, 4) is 11.3 Å². The van der Waals surface area contributed by atoms with Gasteiger partial charge in [-0.3, -0.25) is 10.4 Å². The number of hydrogen-bond acceptors (Lipinski definition) is 5. The first-order valence-corrected chi connectivity index (χ1v) is 8.83. The second-order valence-corrected chi connectivity index (χ2v) is 6.65. The monoisotopic (exact) mass is 336 g/mol. The molecule has 3 rings (SSSR count). The highest BCUT2D eigenvalue weighted by Gasteiger charge is 2.12. The Kier molecular flexibility index (Phi) is 5.33. The van der Waals surface area contributed by atoms with Crippen LogP contribution < -0.4 is 5.43 Å². The van der Waals surface area contributed by atoms with E-state index in [9.17, 15) is 0 Å². The summed E-state index contributed by atoms with van der Waals surface area (Å²) in [6.07, 6.45) is 7.39. The minimum Gasteiger partial charge on any atom is -0.264 e. The van der Waals surface area contributed by atoms with Crippen LogP contribution in [0.15, 0.2) is 53.9 Å². The van der Waals surface area contributed by atoms with Crippen LogP contribution in [0.5, 0.6) is 0 Å². The molecule has 4 nitrogen and oxygen atoms in total. The lowest BCUT2D eigenvalue weighted by Gasteiger charge is -2.01. The fourth-order valence-electron chi connectivity index (χ4n) is 2.35. The third-order valence-corrected chi connectivity index (χ3v) is 4.58. The summed E-state index contributed by atoms with van der Waals surface area (Å²) in [5.41, 5.74) is 7.46. The molecule has 0 radical (unpaired) electrons. The van der Waals surface area contributed by atoms with Gasteiger partial charge < -0.3 is 0 Å². The van der Waals surface area contributed by atoms with Crippen LogP contribution in [0.1, 0.15) is 29.3 Å². The quantitative estimate of drug-likeness (QED) is 0.514. The predicted molar refractivity (Wildman–Crippen MR) is 102 cm³/mol. The Balaban J connectivity index is 1.80. The van der Waals surface area contributed by atoms with E-state index in [4.69, 9.17) is 4.98 Å². The van der Waals surface area contributed by atoms with Gasteiger partial charge >= 0.3 is 0 Å². The molecule has 0 aliphatic carbocycles. The number of benzene rings is 1. The van der Waals surface area contributed by atoms with E-state index in [-0.39, 0.29) is 0 Å². The molecule has 1 aromatic carbocycles. The molecule has 1 N–H and O–H groups in total. The number of nitrogens with zero attached hydrogens (tertiary/aromatic N) is 3. The maximum absolute atomic E-state index is 4.74. The highest BCUT2D eigenvalue weighted by Crippen LogP contribution is 2.32. The number of aryl methyl sites for hydroxylation is 2. The third kappa shape index (κ3) is 4.06. The van der Waals surface area contributed by atoms with E-state index in [0.717, 1.165) is 34.8 Å². The van der Waals surface area contributed by atoms with E-state index in [2.05, 4.69) is 53.6 Å². The van der Waals surface area contributed by atoms with Crippen molar-refractivity contribution in [1.29, 1.82) is 0 Å². The van der Waals surface area contributed by atoms with Gasteiger partial charge in [0.05, 0.1) is 11.9 Å². The van der Waals surface area contributed by atoms with Gasteiger partial charge in [-0.25, -0.2) is 4.98 Å². The second kappa shape index (κ2) is 7.84. The first-order valence-electron chi connectivity index (χ1n) is 8.02. The Morgan fingerprint density at radius 3 is 2.75 bits per heavy atom. The maximum Gasteiger partial charge on any atom is 0.204 e. The fraction of sp³-hybridized carbons (Fsp3) is 0.211. The number of nitrogens with one attached hydrogen (secondary N) is 1. The number of anilines is 1. The van der Waals surface area contributed by atoms with Crippen molar-refractivity contribution in [2.45, 2.75) is 26.7 Å². The van der Waals surface area contributed by atoms with Crippen LogP contribution in [0.2, 0.25) is 0 Å². The first kappa shape index (κ1) is 16.3. The van der Waals surface area contributed by atoms with Crippen molar-refractivity contribution in [2.75, 3.05) is 5.43 Å². The predicted octanol–water partition coefficient (Wildman–Crippen LogP) is 4.91. The van der Waals surface area contributed by atoms with E-state index >= 15 is 0 Å². The Morgan fingerprint density at radius 2 is 2.04 bits per heavy atom. The van der Waals surface area contributed by atoms with Gasteiger partial charge in [-0.2, -0.15) is 5.10 Å². The highest BCUT2D eigenvalue weighted by molar-refractivity contribution is 7.16. The molecule has 0 atom stereocenters. The smallest absolute Gasteiger partial charge is 0.204 e. The normalized spacial score (nSPS) is 11.1. The molecule has 122 valence electrons. The average Bonchev–Trinajstić information content (AvgIpc) is 3.00. The van der Waals surface area contributed by atoms with Crippen molar-refractivity contribution in [3.05, 3.63) is 64.8 Å². The molecule has 0 saturated heterocycles. The van der Waals surface area contributed by atoms with E-state index in [1.807, 2.05) is 12.1 Å². The highest BCUT2D eigenvalue weighted by atomic mass is 32.1. The van der Waals surface area contributed by atoms with Crippen molar-refractivity contribution in [1.82, 2.24) is 9.97 Å². The summed E-state index contributed by atoms with van der Waals surface area (Å²) in [5, 5.41) is 5.08. The van der Waals surface area contributed by atoms with Crippen molar-refractivity contribution in [3.63, 3.8) is 0 Å². The molecule has 0 bridgehead atoms. The molecular formula is C19H20N4S.